The Morgan fingerprint density at radius 1 is 1.25 bits per heavy atom. The van der Waals surface area contributed by atoms with Gasteiger partial charge in [-0.15, -0.1) is 0 Å². The molecule has 0 aromatic rings. The first-order chi connectivity index (χ1) is 3.97. The van der Waals surface area contributed by atoms with Gasteiger partial charge in [0.2, 0.25) is 0 Å². The summed E-state index contributed by atoms with van der Waals surface area (Å²) in [5.41, 5.74) is 1.45. The zero-order valence-electron chi connectivity index (χ0n) is 4.33. The van der Waals surface area contributed by atoms with Crippen molar-refractivity contribution in [3.8, 4) is 0 Å². The van der Waals surface area contributed by atoms with Crippen molar-refractivity contribution < 1.29 is 0 Å². The molecule has 0 fully saturated rings. The molecule has 0 radical (unpaired) electrons. The number of fused-ring (bicyclic) bond motifs is 1. The van der Waals surface area contributed by atoms with E-state index in [1.807, 2.05) is 0 Å². The summed E-state index contributed by atoms with van der Waals surface area (Å²) in [5.74, 6) is 0. The number of hydrogen-bond donors (Lipinski definition) is 0. The topological polar surface area (TPSA) is 0 Å². The van der Waals surface area contributed by atoms with Crippen LogP contribution in [0.15, 0.2) is 34.7 Å². The van der Waals surface area contributed by atoms with E-state index >= 15 is 0 Å². The maximum atomic E-state index is 2.29. The molecule has 8 heavy (non-hydrogen) atoms. The Morgan fingerprint density at radius 3 is 3.12 bits per heavy atom. The van der Waals surface area contributed by atoms with E-state index in [2.05, 4.69) is 29.2 Å². The fraction of sp³-hybridized carbons (Fsp3) is 0. The summed E-state index contributed by atoms with van der Waals surface area (Å²) in [6.07, 6.45) is 8.74. The van der Waals surface area contributed by atoms with Crippen LogP contribution in [-0.2, 0) is 0 Å². The van der Waals surface area contributed by atoms with E-state index in [1.54, 1.807) is 4.30 Å². The maximum absolute atomic E-state index is 2.29. The van der Waals surface area contributed by atoms with Gasteiger partial charge < -0.3 is 0 Å². The summed E-state index contributed by atoms with van der Waals surface area (Å²) in [6, 6.07) is 0. The summed E-state index contributed by atoms with van der Waals surface area (Å²) in [6.45, 7) is 0. The molecule has 0 nitrogen and oxygen atoms in total. The molecule has 0 saturated heterocycles. The second-order valence-corrected chi connectivity index (χ2v) is 3.99. The minimum absolute atomic E-state index is 0.407. The SMILES string of the molecule is C1=CC2=[As]C=CC2=C1. The molecule has 0 saturated carbocycles. The first-order valence-electron chi connectivity index (χ1n) is 2.60. The van der Waals surface area contributed by atoms with Gasteiger partial charge in [0.05, 0.1) is 0 Å². The Hall–Kier alpha value is -0.352. The van der Waals surface area contributed by atoms with E-state index in [9.17, 15) is 0 Å². The van der Waals surface area contributed by atoms with Crippen LogP contribution in [0.4, 0.5) is 0 Å². The Kier molecular flexibility index (Phi) is 0.883. The van der Waals surface area contributed by atoms with E-state index in [0.717, 1.165) is 0 Å². The van der Waals surface area contributed by atoms with Crippen LogP contribution in [-0.4, -0.2) is 19.6 Å². The Balaban J connectivity index is 2.59. The molecule has 0 aromatic heterocycles. The number of rotatable bonds is 0. The zero-order valence-corrected chi connectivity index (χ0v) is 6.21. The van der Waals surface area contributed by atoms with Gasteiger partial charge in [-0.2, -0.15) is 0 Å². The summed E-state index contributed by atoms with van der Waals surface area (Å²) < 4.78 is 1.57. The van der Waals surface area contributed by atoms with Gasteiger partial charge in [-0.1, -0.05) is 0 Å². The van der Waals surface area contributed by atoms with E-state index in [4.69, 9.17) is 0 Å². The Bertz CT molecular complexity index is 203. The summed E-state index contributed by atoms with van der Waals surface area (Å²) >= 11 is 0.407. The number of allylic oxidation sites excluding steroid dienone is 5. The molecule has 2 aliphatic rings. The van der Waals surface area contributed by atoms with Crippen LogP contribution in [0.5, 0.6) is 0 Å². The Morgan fingerprint density at radius 2 is 2.25 bits per heavy atom. The second-order valence-electron chi connectivity index (χ2n) is 1.81. The normalized spacial score (nSPS) is 23.0. The zero-order chi connectivity index (χ0) is 5.40. The molecule has 0 amide bonds. The van der Waals surface area contributed by atoms with E-state index in [0.29, 0.717) is 15.3 Å². The first-order valence-corrected chi connectivity index (χ1v) is 4.62. The van der Waals surface area contributed by atoms with Crippen molar-refractivity contribution in [3.63, 3.8) is 0 Å². The summed E-state index contributed by atoms with van der Waals surface area (Å²) in [7, 11) is 0. The quantitative estimate of drug-likeness (QED) is 0.466. The van der Waals surface area contributed by atoms with Gasteiger partial charge in [0.15, 0.2) is 0 Å². The molecular weight excluding hydrogens is 159 g/mol. The van der Waals surface area contributed by atoms with Crippen molar-refractivity contribution in [2.45, 2.75) is 0 Å². The van der Waals surface area contributed by atoms with Gasteiger partial charge >= 0.3 is 54.4 Å². The fourth-order valence-corrected chi connectivity index (χ4v) is 2.70. The van der Waals surface area contributed by atoms with Crippen molar-refractivity contribution in [1.29, 1.82) is 0 Å². The third kappa shape index (κ3) is 0.498. The van der Waals surface area contributed by atoms with Crippen LogP contribution in [0, 0.1) is 0 Å². The van der Waals surface area contributed by atoms with Gasteiger partial charge in [-0.05, 0) is 0 Å². The standard InChI is InChI=1S/C7H5As/c1-2-6-4-5-8-7(6)3-1/h1-5H. The molecule has 0 aromatic carbocycles. The molecule has 1 heterocycles. The van der Waals surface area contributed by atoms with E-state index < -0.39 is 0 Å². The van der Waals surface area contributed by atoms with Crippen LogP contribution in [0.1, 0.15) is 0 Å². The average molecular weight is 164 g/mol. The van der Waals surface area contributed by atoms with Crippen molar-refractivity contribution >= 4 is 19.6 Å². The van der Waals surface area contributed by atoms with Crippen molar-refractivity contribution in [3.05, 3.63) is 34.7 Å². The van der Waals surface area contributed by atoms with Gasteiger partial charge in [0.25, 0.3) is 0 Å². The molecule has 1 heteroatoms. The molecular formula is C7H5As. The van der Waals surface area contributed by atoms with Crippen molar-refractivity contribution in [2.75, 3.05) is 0 Å². The molecule has 1 aliphatic carbocycles. The number of hydrogen-bond acceptors (Lipinski definition) is 0. The van der Waals surface area contributed by atoms with Crippen LogP contribution < -0.4 is 0 Å². The Labute approximate surface area is 54.8 Å². The predicted octanol–water partition coefficient (Wildman–Crippen LogP) is 0.886. The molecule has 38 valence electrons. The van der Waals surface area contributed by atoms with Crippen LogP contribution in [0.3, 0.4) is 0 Å². The van der Waals surface area contributed by atoms with Crippen LogP contribution >= 0.6 is 0 Å². The van der Waals surface area contributed by atoms with E-state index in [-0.39, 0.29) is 0 Å². The molecule has 1 aliphatic heterocycles. The fourth-order valence-electron chi connectivity index (χ4n) is 0.881. The summed E-state index contributed by atoms with van der Waals surface area (Å²) in [5, 5.41) is 0. The van der Waals surface area contributed by atoms with Crippen molar-refractivity contribution in [2.24, 2.45) is 0 Å². The predicted molar refractivity (Wildman–Crippen MR) is 37.1 cm³/mol. The molecule has 0 atom stereocenters. The van der Waals surface area contributed by atoms with Gasteiger partial charge in [-0.25, -0.2) is 0 Å². The van der Waals surface area contributed by atoms with Crippen LogP contribution in [0.25, 0.3) is 0 Å². The third-order valence-corrected chi connectivity index (χ3v) is 3.36. The van der Waals surface area contributed by atoms with Gasteiger partial charge in [-0.3, -0.25) is 0 Å². The monoisotopic (exact) mass is 164 g/mol. The van der Waals surface area contributed by atoms with Crippen molar-refractivity contribution in [1.82, 2.24) is 0 Å². The third-order valence-electron chi connectivity index (χ3n) is 1.29. The van der Waals surface area contributed by atoms with Gasteiger partial charge in [0, 0.05) is 0 Å². The molecule has 0 spiro atoms. The summed E-state index contributed by atoms with van der Waals surface area (Å²) in [4.78, 5) is 2.29. The molecule has 2 rings (SSSR count). The van der Waals surface area contributed by atoms with E-state index in [1.165, 1.54) is 5.57 Å². The first kappa shape index (κ1) is 4.52. The van der Waals surface area contributed by atoms with Gasteiger partial charge in [0.1, 0.15) is 0 Å². The average Bonchev–Trinajstić information content (AvgIpc) is 2.15. The molecule has 0 unspecified atom stereocenters. The molecule has 0 bridgehead atoms. The minimum atomic E-state index is 0.407. The second kappa shape index (κ2) is 1.56. The molecule has 0 N–H and O–H groups in total. The van der Waals surface area contributed by atoms with Crippen LogP contribution in [0.2, 0.25) is 0 Å².